The summed E-state index contributed by atoms with van der Waals surface area (Å²) in [6.45, 7) is 0.469. The lowest BCUT2D eigenvalue weighted by Crippen LogP contribution is -2.29. The van der Waals surface area contributed by atoms with Crippen LogP contribution in [0.25, 0.3) is 0 Å². The average molecular weight is 260 g/mol. The lowest BCUT2D eigenvalue weighted by molar-refractivity contribution is 0.0935. The van der Waals surface area contributed by atoms with E-state index in [1.807, 2.05) is 29.6 Å². The van der Waals surface area contributed by atoms with Gasteiger partial charge in [0.25, 0.3) is 5.91 Å². The average Bonchev–Trinajstić information content (AvgIpc) is 2.97. The van der Waals surface area contributed by atoms with Gasteiger partial charge in [-0.2, -0.15) is 0 Å². The number of nitrogens with two attached hydrogens (primary N) is 1. The van der Waals surface area contributed by atoms with E-state index in [0.717, 1.165) is 11.3 Å². The van der Waals surface area contributed by atoms with Crippen LogP contribution in [0.15, 0.2) is 35.7 Å². The van der Waals surface area contributed by atoms with E-state index in [4.69, 9.17) is 10.5 Å². The van der Waals surface area contributed by atoms with E-state index in [-0.39, 0.29) is 11.9 Å². The molecule has 18 heavy (non-hydrogen) atoms. The number of anilines is 1. The maximum Gasteiger partial charge on any atom is 0.264 e. The summed E-state index contributed by atoms with van der Waals surface area (Å²) in [5.41, 5.74) is 7.26. The normalized spacial score (nSPS) is 17.0. The van der Waals surface area contributed by atoms with Gasteiger partial charge in [-0.3, -0.25) is 4.79 Å². The molecule has 1 unspecified atom stereocenters. The molecule has 1 atom stereocenters. The Hall–Kier alpha value is -2.01. The lowest BCUT2D eigenvalue weighted by Gasteiger charge is -2.11. The molecule has 0 aliphatic carbocycles. The van der Waals surface area contributed by atoms with Gasteiger partial charge in [0.2, 0.25) is 0 Å². The van der Waals surface area contributed by atoms with Gasteiger partial charge in [0.1, 0.15) is 17.2 Å². The number of rotatable bonds is 2. The molecule has 1 aromatic heterocycles. The molecule has 2 aromatic rings. The molecule has 2 heterocycles. The van der Waals surface area contributed by atoms with E-state index >= 15 is 0 Å². The maximum absolute atomic E-state index is 12.1. The fourth-order valence-electron chi connectivity index (χ4n) is 2.01. The van der Waals surface area contributed by atoms with Crippen molar-refractivity contribution >= 4 is 22.9 Å². The molecule has 3 N–H and O–H groups in total. The Morgan fingerprint density at radius 3 is 3.00 bits per heavy atom. The summed E-state index contributed by atoms with van der Waals surface area (Å²) in [5, 5.41) is 4.75. The highest BCUT2D eigenvalue weighted by Crippen LogP contribution is 2.32. The number of para-hydroxylation sites is 1. The molecular weight excluding hydrogens is 248 g/mol. The second-order valence-electron chi connectivity index (χ2n) is 4.08. The molecule has 0 radical (unpaired) electrons. The SMILES string of the molecule is Nc1ccsc1C(=O)NC1COc2ccccc21. The lowest BCUT2D eigenvalue weighted by atomic mass is 10.1. The van der Waals surface area contributed by atoms with Crippen LogP contribution in [0.5, 0.6) is 5.75 Å². The first kappa shape index (κ1) is 11.1. The van der Waals surface area contributed by atoms with Gasteiger partial charge < -0.3 is 15.8 Å². The molecule has 0 spiro atoms. The van der Waals surface area contributed by atoms with E-state index in [1.54, 1.807) is 6.07 Å². The van der Waals surface area contributed by atoms with Crippen molar-refractivity contribution in [2.75, 3.05) is 12.3 Å². The van der Waals surface area contributed by atoms with Gasteiger partial charge >= 0.3 is 0 Å². The van der Waals surface area contributed by atoms with Crippen molar-refractivity contribution in [1.29, 1.82) is 0 Å². The summed E-state index contributed by atoms with van der Waals surface area (Å²) >= 11 is 1.34. The number of ether oxygens (including phenoxy) is 1. The zero-order valence-electron chi connectivity index (χ0n) is 9.55. The van der Waals surface area contributed by atoms with Gasteiger partial charge in [0.05, 0.1) is 11.7 Å². The molecule has 1 aliphatic heterocycles. The number of thiophene rings is 1. The molecule has 0 fully saturated rings. The summed E-state index contributed by atoms with van der Waals surface area (Å²) in [5.74, 6) is 0.690. The van der Waals surface area contributed by atoms with Crippen molar-refractivity contribution in [2.24, 2.45) is 0 Å². The number of benzene rings is 1. The second-order valence-corrected chi connectivity index (χ2v) is 5.00. The standard InChI is InChI=1S/C13H12N2O2S/c14-9-5-6-18-12(9)13(16)15-10-7-17-11-4-2-1-3-8(10)11/h1-6,10H,7,14H2,(H,15,16). The monoisotopic (exact) mass is 260 g/mol. The molecule has 1 aromatic carbocycles. The molecule has 0 saturated carbocycles. The summed E-state index contributed by atoms with van der Waals surface area (Å²) < 4.78 is 5.52. The van der Waals surface area contributed by atoms with Crippen LogP contribution in [0.2, 0.25) is 0 Å². The maximum atomic E-state index is 12.1. The molecule has 4 nitrogen and oxygen atoms in total. The van der Waals surface area contributed by atoms with E-state index < -0.39 is 0 Å². The zero-order valence-corrected chi connectivity index (χ0v) is 10.4. The highest BCUT2D eigenvalue weighted by Gasteiger charge is 2.26. The van der Waals surface area contributed by atoms with Crippen molar-refractivity contribution in [3.8, 4) is 5.75 Å². The van der Waals surface area contributed by atoms with Gasteiger partial charge in [0, 0.05) is 5.56 Å². The molecule has 3 rings (SSSR count). The van der Waals surface area contributed by atoms with E-state index in [0.29, 0.717) is 17.2 Å². The highest BCUT2D eigenvalue weighted by molar-refractivity contribution is 7.12. The van der Waals surface area contributed by atoms with Crippen LogP contribution in [0.1, 0.15) is 21.3 Å². The summed E-state index contributed by atoms with van der Waals surface area (Å²) in [6, 6.07) is 9.35. The third kappa shape index (κ3) is 1.82. The Labute approximate surface area is 108 Å². The zero-order chi connectivity index (χ0) is 12.5. The smallest absolute Gasteiger partial charge is 0.264 e. The summed E-state index contributed by atoms with van der Waals surface area (Å²) in [7, 11) is 0. The number of hydrogen-bond acceptors (Lipinski definition) is 4. The van der Waals surface area contributed by atoms with Crippen LogP contribution in [-0.4, -0.2) is 12.5 Å². The van der Waals surface area contributed by atoms with Crippen LogP contribution in [0.3, 0.4) is 0 Å². The number of carbonyl (C=O) groups excluding carboxylic acids is 1. The van der Waals surface area contributed by atoms with Crippen LogP contribution < -0.4 is 15.8 Å². The van der Waals surface area contributed by atoms with Gasteiger partial charge in [0.15, 0.2) is 0 Å². The van der Waals surface area contributed by atoms with Gasteiger partial charge in [-0.1, -0.05) is 18.2 Å². The third-order valence-corrected chi connectivity index (χ3v) is 3.84. The molecule has 1 aliphatic rings. The van der Waals surface area contributed by atoms with Crippen molar-refractivity contribution < 1.29 is 9.53 Å². The number of hydrogen-bond donors (Lipinski definition) is 2. The largest absolute Gasteiger partial charge is 0.491 e. The van der Waals surface area contributed by atoms with E-state index in [2.05, 4.69) is 5.32 Å². The molecule has 0 saturated heterocycles. The first-order valence-corrected chi connectivity index (χ1v) is 6.49. The summed E-state index contributed by atoms with van der Waals surface area (Å²) in [4.78, 5) is 12.6. The van der Waals surface area contributed by atoms with Gasteiger partial charge in [-0.25, -0.2) is 0 Å². The Kier molecular flexibility index (Phi) is 2.68. The van der Waals surface area contributed by atoms with Crippen LogP contribution in [0, 0.1) is 0 Å². The molecular formula is C13H12N2O2S. The number of nitrogen functional groups attached to an aromatic ring is 1. The van der Waals surface area contributed by atoms with Gasteiger partial charge in [-0.15, -0.1) is 11.3 Å². The van der Waals surface area contributed by atoms with Crippen LogP contribution >= 0.6 is 11.3 Å². The summed E-state index contributed by atoms with van der Waals surface area (Å²) in [6.07, 6.45) is 0. The Morgan fingerprint density at radius 2 is 2.22 bits per heavy atom. The highest BCUT2D eigenvalue weighted by atomic mass is 32.1. The minimum atomic E-state index is -0.146. The first-order chi connectivity index (χ1) is 8.75. The van der Waals surface area contributed by atoms with Gasteiger partial charge in [-0.05, 0) is 17.5 Å². The quantitative estimate of drug-likeness (QED) is 0.870. The van der Waals surface area contributed by atoms with E-state index in [9.17, 15) is 4.79 Å². The molecule has 1 amide bonds. The molecule has 0 bridgehead atoms. The van der Waals surface area contributed by atoms with Crippen LogP contribution in [-0.2, 0) is 0 Å². The fourth-order valence-corrected chi connectivity index (χ4v) is 2.73. The van der Waals surface area contributed by atoms with Crippen molar-refractivity contribution in [3.05, 3.63) is 46.2 Å². The Morgan fingerprint density at radius 1 is 1.39 bits per heavy atom. The van der Waals surface area contributed by atoms with Crippen molar-refractivity contribution in [1.82, 2.24) is 5.32 Å². The fraction of sp³-hybridized carbons (Fsp3) is 0.154. The number of carbonyl (C=O) groups is 1. The van der Waals surface area contributed by atoms with Crippen LogP contribution in [0.4, 0.5) is 5.69 Å². The Balaban J connectivity index is 1.79. The number of fused-ring (bicyclic) bond motifs is 1. The first-order valence-electron chi connectivity index (χ1n) is 5.61. The minimum Gasteiger partial charge on any atom is -0.491 e. The number of amides is 1. The molecule has 92 valence electrons. The van der Waals surface area contributed by atoms with E-state index in [1.165, 1.54) is 11.3 Å². The van der Waals surface area contributed by atoms with Crippen molar-refractivity contribution in [3.63, 3.8) is 0 Å². The Bertz CT molecular complexity index is 594. The predicted molar refractivity (Wildman–Crippen MR) is 70.9 cm³/mol. The topological polar surface area (TPSA) is 64.4 Å². The minimum absolute atomic E-state index is 0.102. The molecule has 5 heteroatoms. The predicted octanol–water partition coefficient (Wildman–Crippen LogP) is 2.19. The number of nitrogens with one attached hydrogen (secondary N) is 1. The van der Waals surface area contributed by atoms with Crippen molar-refractivity contribution in [2.45, 2.75) is 6.04 Å². The third-order valence-electron chi connectivity index (χ3n) is 2.91. The second kappa shape index (κ2) is 4.34.